The number of methoxy groups -OCH3 is 1. The van der Waals surface area contributed by atoms with Gasteiger partial charge in [-0.15, -0.1) is 0 Å². The van der Waals surface area contributed by atoms with Gasteiger partial charge in [0.1, 0.15) is 0 Å². The molecule has 0 aliphatic carbocycles. The standard InChI is InChI=1S/C13H19F3N2O2/c1-5-9-11(12(19)13(14,15)16)10(6-2)18(17-9)8(3)7-20-4/h8H,5-7H2,1-4H3. The van der Waals surface area contributed by atoms with Crippen molar-refractivity contribution in [3.63, 3.8) is 0 Å². The number of ketones is 1. The summed E-state index contributed by atoms with van der Waals surface area (Å²) in [6, 6.07) is -0.227. The molecule has 0 amide bonds. The summed E-state index contributed by atoms with van der Waals surface area (Å²) in [5, 5.41) is 4.17. The van der Waals surface area contributed by atoms with E-state index in [1.807, 2.05) is 0 Å². The van der Waals surface area contributed by atoms with Crippen LogP contribution < -0.4 is 0 Å². The molecule has 7 heteroatoms. The molecule has 0 aliphatic rings. The van der Waals surface area contributed by atoms with Crippen LogP contribution in [0.4, 0.5) is 13.2 Å². The van der Waals surface area contributed by atoms with Gasteiger partial charge in [0.25, 0.3) is 5.78 Å². The summed E-state index contributed by atoms with van der Waals surface area (Å²) in [6.45, 7) is 5.49. The normalized spacial score (nSPS) is 13.6. The number of hydrogen-bond donors (Lipinski definition) is 0. The van der Waals surface area contributed by atoms with E-state index in [0.717, 1.165) is 0 Å². The number of rotatable bonds is 6. The van der Waals surface area contributed by atoms with Crippen molar-refractivity contribution >= 4 is 5.78 Å². The topological polar surface area (TPSA) is 44.1 Å². The SMILES string of the molecule is CCc1nn(C(C)COC)c(CC)c1C(=O)C(F)(F)F. The van der Waals surface area contributed by atoms with E-state index >= 15 is 0 Å². The van der Waals surface area contributed by atoms with Gasteiger partial charge in [0, 0.05) is 12.8 Å². The van der Waals surface area contributed by atoms with Gasteiger partial charge < -0.3 is 4.74 Å². The van der Waals surface area contributed by atoms with Crippen LogP contribution in [0, 0.1) is 0 Å². The maximum absolute atomic E-state index is 12.7. The molecule has 0 spiro atoms. The Balaban J connectivity index is 3.39. The Morgan fingerprint density at radius 2 is 1.95 bits per heavy atom. The van der Waals surface area contributed by atoms with Gasteiger partial charge in [0.05, 0.1) is 23.9 Å². The van der Waals surface area contributed by atoms with Crippen LogP contribution >= 0.6 is 0 Å². The second-order valence-corrected chi connectivity index (χ2v) is 4.55. The van der Waals surface area contributed by atoms with E-state index in [-0.39, 0.29) is 23.7 Å². The highest BCUT2D eigenvalue weighted by atomic mass is 19.4. The van der Waals surface area contributed by atoms with Gasteiger partial charge in [-0.25, -0.2) is 0 Å². The molecule has 20 heavy (non-hydrogen) atoms. The van der Waals surface area contributed by atoms with Crippen LogP contribution in [0.3, 0.4) is 0 Å². The third-order valence-corrected chi connectivity index (χ3v) is 3.06. The van der Waals surface area contributed by atoms with Crippen molar-refractivity contribution in [1.29, 1.82) is 0 Å². The third-order valence-electron chi connectivity index (χ3n) is 3.06. The van der Waals surface area contributed by atoms with Gasteiger partial charge in [0.15, 0.2) is 0 Å². The van der Waals surface area contributed by atoms with E-state index in [0.29, 0.717) is 18.7 Å². The highest BCUT2D eigenvalue weighted by Gasteiger charge is 2.43. The zero-order chi connectivity index (χ0) is 15.5. The van der Waals surface area contributed by atoms with Crippen LogP contribution in [0.2, 0.25) is 0 Å². The van der Waals surface area contributed by atoms with Gasteiger partial charge in [0.2, 0.25) is 0 Å². The number of halogens is 3. The molecule has 0 radical (unpaired) electrons. The van der Waals surface area contributed by atoms with Gasteiger partial charge in [-0.1, -0.05) is 13.8 Å². The smallest absolute Gasteiger partial charge is 0.382 e. The minimum Gasteiger partial charge on any atom is -0.382 e. The first-order valence-corrected chi connectivity index (χ1v) is 6.48. The summed E-state index contributed by atoms with van der Waals surface area (Å²) in [6.07, 6.45) is -4.30. The molecule has 0 saturated carbocycles. The minimum atomic E-state index is -4.88. The fourth-order valence-corrected chi connectivity index (χ4v) is 2.19. The monoisotopic (exact) mass is 292 g/mol. The number of alkyl halides is 3. The first-order valence-electron chi connectivity index (χ1n) is 6.48. The molecule has 114 valence electrons. The molecule has 0 fully saturated rings. The number of carbonyl (C=O) groups is 1. The lowest BCUT2D eigenvalue weighted by atomic mass is 10.0. The average molecular weight is 292 g/mol. The molecule has 1 aromatic heterocycles. The quantitative estimate of drug-likeness (QED) is 0.757. The van der Waals surface area contributed by atoms with Crippen LogP contribution in [-0.2, 0) is 17.6 Å². The molecule has 0 N–H and O–H groups in total. The largest absolute Gasteiger partial charge is 0.455 e. The zero-order valence-corrected chi connectivity index (χ0v) is 12.0. The molecule has 4 nitrogen and oxygen atoms in total. The Morgan fingerprint density at radius 3 is 2.35 bits per heavy atom. The Labute approximate surface area is 115 Å². The molecule has 0 saturated heterocycles. The predicted octanol–water partition coefficient (Wildman–Crippen LogP) is 2.96. The van der Waals surface area contributed by atoms with E-state index < -0.39 is 12.0 Å². The first kappa shape index (κ1) is 16.7. The molecule has 0 aromatic carbocycles. The number of aromatic nitrogens is 2. The van der Waals surface area contributed by atoms with Crippen LogP contribution in [0.25, 0.3) is 0 Å². The molecule has 0 bridgehead atoms. The summed E-state index contributed by atoms with van der Waals surface area (Å²) in [5.41, 5.74) is 0.200. The van der Waals surface area contributed by atoms with Crippen molar-refractivity contribution in [2.75, 3.05) is 13.7 Å². The van der Waals surface area contributed by atoms with Crippen LogP contribution in [0.1, 0.15) is 48.6 Å². The van der Waals surface area contributed by atoms with Crippen molar-refractivity contribution in [2.24, 2.45) is 0 Å². The summed E-state index contributed by atoms with van der Waals surface area (Å²) in [5.74, 6) is -1.82. The van der Waals surface area contributed by atoms with Crippen molar-refractivity contribution in [2.45, 2.75) is 45.8 Å². The fourth-order valence-electron chi connectivity index (χ4n) is 2.19. The molecule has 1 aromatic rings. The van der Waals surface area contributed by atoms with Crippen molar-refractivity contribution in [3.8, 4) is 0 Å². The number of aryl methyl sites for hydroxylation is 1. The van der Waals surface area contributed by atoms with E-state index in [9.17, 15) is 18.0 Å². The molecule has 1 atom stereocenters. The maximum Gasteiger partial charge on any atom is 0.455 e. The lowest BCUT2D eigenvalue weighted by Crippen LogP contribution is -2.25. The molecular weight excluding hydrogens is 273 g/mol. The minimum absolute atomic E-state index is 0.187. The summed E-state index contributed by atoms with van der Waals surface area (Å²) in [7, 11) is 1.51. The van der Waals surface area contributed by atoms with Gasteiger partial charge in [-0.05, 0) is 19.8 Å². The Hall–Kier alpha value is -1.37. The molecular formula is C13H19F3N2O2. The molecule has 1 unspecified atom stereocenters. The average Bonchev–Trinajstić information content (AvgIpc) is 2.75. The van der Waals surface area contributed by atoms with Gasteiger partial charge >= 0.3 is 6.18 Å². The van der Waals surface area contributed by atoms with Crippen LogP contribution in [0.15, 0.2) is 0 Å². The highest BCUT2D eigenvalue weighted by Crippen LogP contribution is 2.28. The zero-order valence-electron chi connectivity index (χ0n) is 12.0. The Bertz CT molecular complexity index is 481. The fraction of sp³-hybridized carbons (Fsp3) is 0.692. The number of hydrogen-bond acceptors (Lipinski definition) is 3. The van der Waals surface area contributed by atoms with E-state index in [4.69, 9.17) is 4.74 Å². The summed E-state index contributed by atoms with van der Waals surface area (Å²) >= 11 is 0. The van der Waals surface area contributed by atoms with Crippen molar-refractivity contribution < 1.29 is 22.7 Å². The first-order chi connectivity index (χ1) is 9.27. The van der Waals surface area contributed by atoms with Crippen molar-refractivity contribution in [1.82, 2.24) is 9.78 Å². The van der Waals surface area contributed by atoms with E-state index in [1.54, 1.807) is 20.8 Å². The molecule has 0 aliphatic heterocycles. The Morgan fingerprint density at radius 1 is 1.35 bits per heavy atom. The molecule has 1 heterocycles. The second kappa shape index (κ2) is 6.39. The second-order valence-electron chi connectivity index (χ2n) is 4.55. The van der Waals surface area contributed by atoms with E-state index in [2.05, 4.69) is 5.10 Å². The number of Topliss-reactive ketones (excluding diaryl/α,β-unsaturated/α-hetero) is 1. The highest BCUT2D eigenvalue weighted by molar-refractivity contribution is 6.02. The number of carbonyl (C=O) groups excluding carboxylic acids is 1. The van der Waals surface area contributed by atoms with Crippen LogP contribution in [-0.4, -0.2) is 35.5 Å². The van der Waals surface area contributed by atoms with Gasteiger partial charge in [-0.3, -0.25) is 9.48 Å². The van der Waals surface area contributed by atoms with Gasteiger partial charge in [-0.2, -0.15) is 18.3 Å². The number of nitrogens with zero attached hydrogens (tertiary/aromatic N) is 2. The maximum atomic E-state index is 12.7. The summed E-state index contributed by atoms with van der Waals surface area (Å²) < 4.78 is 44.6. The number of ether oxygens (including phenoxy) is 1. The summed E-state index contributed by atoms with van der Waals surface area (Å²) in [4.78, 5) is 11.6. The Kier molecular flexibility index (Phi) is 5.33. The third kappa shape index (κ3) is 3.20. The van der Waals surface area contributed by atoms with Crippen LogP contribution in [0.5, 0.6) is 0 Å². The lowest BCUT2D eigenvalue weighted by molar-refractivity contribution is -0.0886. The predicted molar refractivity (Wildman–Crippen MR) is 68.0 cm³/mol. The van der Waals surface area contributed by atoms with Crippen molar-refractivity contribution in [3.05, 3.63) is 17.0 Å². The molecule has 1 rings (SSSR count). The lowest BCUT2D eigenvalue weighted by Gasteiger charge is -2.15. The van der Waals surface area contributed by atoms with E-state index in [1.165, 1.54) is 11.8 Å².